The summed E-state index contributed by atoms with van der Waals surface area (Å²) < 4.78 is 5.47. The molecule has 2 bridgehead atoms. The fourth-order valence-electron chi connectivity index (χ4n) is 4.33. The second kappa shape index (κ2) is 10.4. The average molecular weight is 442 g/mol. The second-order valence-electron chi connectivity index (χ2n) is 8.16. The normalized spacial score (nSPS) is 23.8. The van der Waals surface area contributed by atoms with Gasteiger partial charge in [-0.15, -0.1) is 24.8 Å². The van der Waals surface area contributed by atoms with E-state index in [1.807, 2.05) is 26.0 Å². The highest BCUT2D eigenvalue weighted by molar-refractivity contribution is 5.85. The summed E-state index contributed by atoms with van der Waals surface area (Å²) in [6.07, 6.45) is 8.65. The van der Waals surface area contributed by atoms with Crippen LogP contribution in [-0.4, -0.2) is 33.1 Å². The van der Waals surface area contributed by atoms with Gasteiger partial charge in [0.15, 0.2) is 0 Å². The first-order chi connectivity index (χ1) is 13.1. The molecule has 7 nitrogen and oxygen atoms in total. The summed E-state index contributed by atoms with van der Waals surface area (Å²) in [6, 6.07) is 4.59. The number of nitrogens with one attached hydrogen (secondary N) is 2. The van der Waals surface area contributed by atoms with Gasteiger partial charge in [0.25, 0.3) is 0 Å². The second-order valence-corrected chi connectivity index (χ2v) is 8.16. The summed E-state index contributed by atoms with van der Waals surface area (Å²) in [6.45, 7) is 4.10. The van der Waals surface area contributed by atoms with E-state index < -0.39 is 0 Å². The molecular formula is C20H29Cl2N5O2. The van der Waals surface area contributed by atoms with Crippen molar-refractivity contribution >= 4 is 30.7 Å². The average Bonchev–Trinajstić information content (AvgIpc) is 3.27. The van der Waals surface area contributed by atoms with Crippen LogP contribution in [0.5, 0.6) is 0 Å². The number of nitrogens with zero attached hydrogens (tertiary/aromatic N) is 3. The smallest absolute Gasteiger partial charge is 0.249 e. The number of piperidine rings is 1. The molecule has 1 amide bonds. The Labute approximate surface area is 183 Å². The van der Waals surface area contributed by atoms with Crippen molar-refractivity contribution in [2.45, 2.75) is 64.1 Å². The minimum Gasteiger partial charge on any atom is -0.344 e. The molecule has 0 saturated carbocycles. The lowest BCUT2D eigenvalue weighted by atomic mass is 9.89. The molecule has 2 aromatic heterocycles. The van der Waals surface area contributed by atoms with Gasteiger partial charge in [0.05, 0.1) is 0 Å². The summed E-state index contributed by atoms with van der Waals surface area (Å²) >= 11 is 0. The summed E-state index contributed by atoms with van der Waals surface area (Å²) in [5.74, 6) is 1.66. The van der Waals surface area contributed by atoms with Crippen LogP contribution in [0.4, 0.5) is 0 Å². The van der Waals surface area contributed by atoms with Gasteiger partial charge in [0.1, 0.15) is 6.04 Å². The van der Waals surface area contributed by atoms with Crippen molar-refractivity contribution in [3.63, 3.8) is 0 Å². The maximum atomic E-state index is 12.7. The SMILES string of the molecule is CC(C)C(NC(=O)CC1CC2CCC(C1)N2)c1nc(-c2ccncc2)no1.Cl.Cl. The Balaban J connectivity index is 0.00000150. The predicted octanol–water partition coefficient (Wildman–Crippen LogP) is 3.71. The molecule has 2 N–H and O–H groups in total. The first kappa shape index (κ1) is 23.6. The number of aromatic nitrogens is 3. The van der Waals surface area contributed by atoms with E-state index in [1.54, 1.807) is 12.4 Å². The minimum absolute atomic E-state index is 0. The summed E-state index contributed by atoms with van der Waals surface area (Å²) in [5, 5.41) is 10.8. The van der Waals surface area contributed by atoms with Crippen LogP contribution in [0.1, 0.15) is 57.9 Å². The number of hydrogen-bond acceptors (Lipinski definition) is 6. The Morgan fingerprint density at radius 1 is 1.21 bits per heavy atom. The number of pyridine rings is 1. The van der Waals surface area contributed by atoms with Crippen molar-refractivity contribution in [1.29, 1.82) is 0 Å². The van der Waals surface area contributed by atoms with Crippen molar-refractivity contribution in [2.24, 2.45) is 11.8 Å². The lowest BCUT2D eigenvalue weighted by Crippen LogP contribution is -2.40. The molecule has 0 aliphatic carbocycles. The van der Waals surface area contributed by atoms with E-state index in [-0.39, 0.29) is 42.7 Å². The van der Waals surface area contributed by atoms with E-state index in [0.29, 0.717) is 36.1 Å². The molecule has 2 fully saturated rings. The van der Waals surface area contributed by atoms with Gasteiger partial charge in [0.2, 0.25) is 17.6 Å². The fraction of sp³-hybridized carbons (Fsp3) is 0.600. The first-order valence-electron chi connectivity index (χ1n) is 9.88. The molecule has 3 atom stereocenters. The number of rotatable bonds is 6. The van der Waals surface area contributed by atoms with Crippen LogP contribution in [0.25, 0.3) is 11.4 Å². The molecule has 2 aliphatic rings. The van der Waals surface area contributed by atoms with Gasteiger partial charge in [-0.25, -0.2) is 0 Å². The molecule has 0 aromatic carbocycles. The van der Waals surface area contributed by atoms with E-state index in [0.717, 1.165) is 18.4 Å². The van der Waals surface area contributed by atoms with Crippen molar-refractivity contribution in [3.8, 4) is 11.4 Å². The molecule has 160 valence electrons. The molecule has 3 unspecified atom stereocenters. The van der Waals surface area contributed by atoms with E-state index in [4.69, 9.17) is 4.52 Å². The Hall–Kier alpha value is -1.70. The van der Waals surface area contributed by atoms with Gasteiger partial charge >= 0.3 is 0 Å². The molecule has 0 spiro atoms. The monoisotopic (exact) mass is 441 g/mol. The largest absolute Gasteiger partial charge is 0.344 e. The van der Waals surface area contributed by atoms with Crippen LogP contribution in [0, 0.1) is 11.8 Å². The number of carbonyl (C=O) groups excluding carboxylic acids is 1. The van der Waals surface area contributed by atoms with E-state index in [1.165, 1.54) is 12.8 Å². The topological polar surface area (TPSA) is 92.9 Å². The Kier molecular flexibility index (Phi) is 8.43. The standard InChI is InChI=1S/C20H27N5O2.2ClH/c1-12(2)18(20-24-19(25-27-20)14-5-7-21-8-6-14)23-17(26)11-13-9-15-3-4-16(10-13)22-15;;/h5-8,12-13,15-16,18,22H,3-4,9-11H2,1-2H3,(H,23,26);2*1H. The number of hydrogen-bond donors (Lipinski definition) is 2. The fourth-order valence-corrected chi connectivity index (χ4v) is 4.33. The highest BCUT2D eigenvalue weighted by atomic mass is 35.5. The maximum Gasteiger partial charge on any atom is 0.249 e. The van der Waals surface area contributed by atoms with Crippen molar-refractivity contribution < 1.29 is 9.32 Å². The van der Waals surface area contributed by atoms with E-state index in [2.05, 4.69) is 25.8 Å². The number of carbonyl (C=O) groups is 1. The summed E-state index contributed by atoms with van der Waals surface area (Å²) in [4.78, 5) is 21.2. The summed E-state index contributed by atoms with van der Waals surface area (Å²) in [5.41, 5.74) is 0.846. The molecule has 9 heteroatoms. The van der Waals surface area contributed by atoms with E-state index >= 15 is 0 Å². The highest BCUT2D eigenvalue weighted by Crippen LogP contribution is 2.33. The van der Waals surface area contributed by atoms with Crippen LogP contribution in [0.3, 0.4) is 0 Å². The Morgan fingerprint density at radius 2 is 1.86 bits per heavy atom. The van der Waals surface area contributed by atoms with Gasteiger partial charge in [-0.1, -0.05) is 19.0 Å². The molecule has 2 aromatic rings. The highest BCUT2D eigenvalue weighted by Gasteiger charge is 2.35. The number of halogens is 2. The molecule has 29 heavy (non-hydrogen) atoms. The number of amides is 1. The Morgan fingerprint density at radius 3 is 2.48 bits per heavy atom. The third kappa shape index (κ3) is 5.68. The molecule has 2 aliphatic heterocycles. The van der Waals surface area contributed by atoms with Crippen LogP contribution in [0.2, 0.25) is 0 Å². The predicted molar refractivity (Wildman–Crippen MR) is 115 cm³/mol. The minimum atomic E-state index is -0.279. The molecule has 4 rings (SSSR count). The van der Waals surface area contributed by atoms with Crippen LogP contribution in [-0.2, 0) is 4.79 Å². The van der Waals surface area contributed by atoms with Crippen LogP contribution >= 0.6 is 24.8 Å². The van der Waals surface area contributed by atoms with Gasteiger partial charge in [-0.05, 0) is 49.7 Å². The lowest BCUT2D eigenvalue weighted by Gasteiger charge is -2.29. The maximum absolute atomic E-state index is 12.7. The summed E-state index contributed by atoms with van der Waals surface area (Å²) in [7, 11) is 0. The molecule has 2 saturated heterocycles. The zero-order valence-corrected chi connectivity index (χ0v) is 18.3. The Bertz CT molecular complexity index is 774. The molecule has 0 radical (unpaired) electrons. The van der Waals surface area contributed by atoms with Crippen LogP contribution < -0.4 is 10.6 Å². The van der Waals surface area contributed by atoms with Gasteiger partial charge in [-0.3, -0.25) is 9.78 Å². The lowest BCUT2D eigenvalue weighted by molar-refractivity contribution is -0.123. The van der Waals surface area contributed by atoms with Crippen molar-refractivity contribution in [2.75, 3.05) is 0 Å². The van der Waals surface area contributed by atoms with Crippen LogP contribution in [0.15, 0.2) is 29.0 Å². The quantitative estimate of drug-likeness (QED) is 0.709. The van der Waals surface area contributed by atoms with Gasteiger partial charge < -0.3 is 15.2 Å². The van der Waals surface area contributed by atoms with Gasteiger partial charge in [0, 0.05) is 36.5 Å². The number of fused-ring (bicyclic) bond motifs is 2. The molecular weight excluding hydrogens is 413 g/mol. The first-order valence-corrected chi connectivity index (χ1v) is 9.88. The van der Waals surface area contributed by atoms with Crippen molar-refractivity contribution in [1.82, 2.24) is 25.8 Å². The zero-order chi connectivity index (χ0) is 18.8. The molecule has 4 heterocycles. The van der Waals surface area contributed by atoms with E-state index in [9.17, 15) is 4.79 Å². The van der Waals surface area contributed by atoms with Gasteiger partial charge in [-0.2, -0.15) is 4.98 Å². The van der Waals surface area contributed by atoms with Crippen molar-refractivity contribution in [3.05, 3.63) is 30.4 Å². The zero-order valence-electron chi connectivity index (χ0n) is 16.7. The third-order valence-electron chi connectivity index (χ3n) is 5.67. The third-order valence-corrected chi connectivity index (χ3v) is 5.67.